The molecule has 0 bridgehead atoms. The van der Waals surface area contributed by atoms with Crippen LogP contribution in [0.4, 0.5) is 15.9 Å². The van der Waals surface area contributed by atoms with Gasteiger partial charge in [0.15, 0.2) is 0 Å². The van der Waals surface area contributed by atoms with Crippen molar-refractivity contribution >= 4 is 17.4 Å². The van der Waals surface area contributed by atoms with Gasteiger partial charge >= 0.3 is 0 Å². The highest BCUT2D eigenvalue weighted by Crippen LogP contribution is 2.22. The summed E-state index contributed by atoms with van der Waals surface area (Å²) in [7, 11) is 0. The second-order valence-electron chi connectivity index (χ2n) is 7.50. The van der Waals surface area contributed by atoms with E-state index in [1.165, 1.54) is 31.7 Å². The van der Waals surface area contributed by atoms with Crippen LogP contribution in [0.5, 0.6) is 0 Å². The largest absolute Gasteiger partial charge is 0.367 e. The number of rotatable bonds is 4. The van der Waals surface area contributed by atoms with Crippen molar-refractivity contribution in [3.05, 3.63) is 48.2 Å². The molecule has 1 N–H and O–H groups in total. The van der Waals surface area contributed by atoms with Gasteiger partial charge in [-0.25, -0.2) is 14.4 Å². The number of hydrogen-bond donors (Lipinski definition) is 1. The maximum atomic E-state index is 14.0. The minimum atomic E-state index is -0.225. The van der Waals surface area contributed by atoms with Gasteiger partial charge in [0.2, 0.25) is 0 Å². The molecule has 1 aromatic carbocycles. The molecule has 148 valence electrons. The number of nitrogens with zero attached hydrogens (tertiary/aromatic N) is 4. The third-order valence-electron chi connectivity index (χ3n) is 5.60. The highest BCUT2D eigenvalue weighted by atomic mass is 19.1. The standard InChI is InChI=1S/C21H26FN5O/c22-17-8-4-5-9-19(17)26-10-12-27(13-11-26)21(28)18-14-20(24-15-23-18)25-16-6-2-1-3-7-16/h4-5,8-9,14-16H,1-3,6-7,10-13H2,(H,23,24,25). The Balaban J connectivity index is 1.37. The fourth-order valence-electron chi connectivity index (χ4n) is 4.03. The average Bonchev–Trinajstić information content (AvgIpc) is 2.75. The summed E-state index contributed by atoms with van der Waals surface area (Å²) in [5.74, 6) is 0.397. The topological polar surface area (TPSA) is 61.4 Å². The normalized spacial score (nSPS) is 18.2. The maximum absolute atomic E-state index is 14.0. The molecule has 6 nitrogen and oxygen atoms in total. The van der Waals surface area contributed by atoms with Crippen LogP contribution in [0.2, 0.25) is 0 Å². The van der Waals surface area contributed by atoms with Gasteiger partial charge in [0, 0.05) is 38.3 Å². The number of anilines is 2. The molecule has 0 spiro atoms. The molecular formula is C21H26FN5O. The van der Waals surface area contributed by atoms with E-state index in [2.05, 4.69) is 15.3 Å². The van der Waals surface area contributed by atoms with Gasteiger partial charge in [-0.3, -0.25) is 4.79 Å². The Morgan fingerprint density at radius 3 is 2.54 bits per heavy atom. The fourth-order valence-corrected chi connectivity index (χ4v) is 4.03. The lowest BCUT2D eigenvalue weighted by Gasteiger charge is -2.36. The summed E-state index contributed by atoms with van der Waals surface area (Å²) in [6.07, 6.45) is 7.51. The molecule has 2 fully saturated rings. The van der Waals surface area contributed by atoms with E-state index in [1.807, 2.05) is 11.0 Å². The second-order valence-corrected chi connectivity index (χ2v) is 7.50. The monoisotopic (exact) mass is 383 g/mol. The van der Waals surface area contributed by atoms with Crippen LogP contribution in [0.25, 0.3) is 0 Å². The number of aromatic nitrogens is 2. The first kappa shape index (κ1) is 18.7. The molecular weight excluding hydrogens is 357 g/mol. The van der Waals surface area contributed by atoms with E-state index in [0.717, 1.165) is 18.7 Å². The first-order valence-electron chi connectivity index (χ1n) is 10.1. The number of hydrogen-bond acceptors (Lipinski definition) is 5. The van der Waals surface area contributed by atoms with E-state index < -0.39 is 0 Å². The molecule has 1 aliphatic carbocycles. The second kappa shape index (κ2) is 8.54. The number of nitrogens with one attached hydrogen (secondary N) is 1. The highest BCUT2D eigenvalue weighted by Gasteiger charge is 2.25. The fraction of sp³-hybridized carbons (Fsp3) is 0.476. The molecule has 28 heavy (non-hydrogen) atoms. The quantitative estimate of drug-likeness (QED) is 0.878. The van der Waals surface area contributed by atoms with E-state index in [9.17, 15) is 9.18 Å². The number of para-hydroxylation sites is 1. The van der Waals surface area contributed by atoms with E-state index in [4.69, 9.17) is 0 Å². The van der Waals surface area contributed by atoms with Crippen molar-refractivity contribution in [2.24, 2.45) is 0 Å². The molecule has 0 unspecified atom stereocenters. The van der Waals surface area contributed by atoms with Gasteiger partial charge in [0.1, 0.15) is 23.7 Å². The summed E-state index contributed by atoms with van der Waals surface area (Å²) in [6.45, 7) is 2.29. The highest BCUT2D eigenvalue weighted by molar-refractivity contribution is 5.93. The van der Waals surface area contributed by atoms with Gasteiger partial charge in [-0.15, -0.1) is 0 Å². The van der Waals surface area contributed by atoms with E-state index in [-0.39, 0.29) is 11.7 Å². The SMILES string of the molecule is O=C(c1cc(NC2CCCCC2)ncn1)N1CCN(c2ccccc2F)CC1. The molecule has 4 rings (SSSR count). The molecule has 7 heteroatoms. The van der Waals surface area contributed by atoms with E-state index in [1.54, 1.807) is 23.1 Å². The Morgan fingerprint density at radius 2 is 1.79 bits per heavy atom. The maximum Gasteiger partial charge on any atom is 0.272 e. The smallest absolute Gasteiger partial charge is 0.272 e. The van der Waals surface area contributed by atoms with Crippen LogP contribution in [0.3, 0.4) is 0 Å². The number of amides is 1. The van der Waals surface area contributed by atoms with Crippen LogP contribution in [-0.4, -0.2) is 53.0 Å². The molecule has 1 saturated heterocycles. The number of benzene rings is 1. The van der Waals surface area contributed by atoms with Crippen molar-refractivity contribution in [1.29, 1.82) is 0 Å². The van der Waals surface area contributed by atoms with Crippen LogP contribution in [-0.2, 0) is 0 Å². The van der Waals surface area contributed by atoms with Crippen molar-refractivity contribution in [1.82, 2.24) is 14.9 Å². The van der Waals surface area contributed by atoms with Gasteiger partial charge in [-0.1, -0.05) is 31.4 Å². The Labute approximate surface area is 164 Å². The summed E-state index contributed by atoms with van der Waals surface area (Å²) in [5.41, 5.74) is 1.00. The Hall–Kier alpha value is -2.70. The van der Waals surface area contributed by atoms with Gasteiger partial charge < -0.3 is 15.1 Å². The van der Waals surface area contributed by atoms with Crippen LogP contribution < -0.4 is 10.2 Å². The van der Waals surface area contributed by atoms with Crippen LogP contribution in [0, 0.1) is 5.82 Å². The van der Waals surface area contributed by atoms with Crippen LogP contribution >= 0.6 is 0 Å². The lowest BCUT2D eigenvalue weighted by molar-refractivity contribution is 0.0740. The first-order valence-corrected chi connectivity index (χ1v) is 10.1. The summed E-state index contributed by atoms with van der Waals surface area (Å²) >= 11 is 0. The number of carbonyl (C=O) groups is 1. The van der Waals surface area contributed by atoms with Crippen LogP contribution in [0.1, 0.15) is 42.6 Å². The predicted octanol–water partition coefficient (Wildman–Crippen LogP) is 3.32. The Morgan fingerprint density at radius 1 is 1.04 bits per heavy atom. The number of piperazine rings is 1. The summed E-state index contributed by atoms with van der Waals surface area (Å²) in [5, 5.41) is 3.44. The van der Waals surface area contributed by atoms with Gasteiger partial charge in [-0.2, -0.15) is 0 Å². The summed E-state index contributed by atoms with van der Waals surface area (Å²) < 4.78 is 14.0. The molecule has 0 atom stereocenters. The molecule has 2 aromatic rings. The number of halogens is 1. The zero-order chi connectivity index (χ0) is 19.3. The first-order chi connectivity index (χ1) is 13.7. The molecule has 1 aromatic heterocycles. The summed E-state index contributed by atoms with van der Waals surface area (Å²) in [4.78, 5) is 25.1. The van der Waals surface area contributed by atoms with Crippen molar-refractivity contribution in [2.75, 3.05) is 36.4 Å². The van der Waals surface area contributed by atoms with Gasteiger partial charge in [0.05, 0.1) is 5.69 Å². The third-order valence-corrected chi connectivity index (χ3v) is 5.60. The molecule has 2 aliphatic rings. The van der Waals surface area contributed by atoms with Crippen molar-refractivity contribution in [3.8, 4) is 0 Å². The lowest BCUT2D eigenvalue weighted by atomic mass is 9.95. The van der Waals surface area contributed by atoms with Gasteiger partial charge in [0.25, 0.3) is 5.91 Å². The molecule has 1 aliphatic heterocycles. The van der Waals surface area contributed by atoms with Crippen LogP contribution in [0.15, 0.2) is 36.7 Å². The molecule has 2 heterocycles. The molecule has 1 saturated carbocycles. The zero-order valence-electron chi connectivity index (χ0n) is 16.0. The summed E-state index contributed by atoms with van der Waals surface area (Å²) in [6, 6.07) is 8.94. The predicted molar refractivity (Wildman–Crippen MR) is 107 cm³/mol. The molecule has 0 radical (unpaired) electrons. The third kappa shape index (κ3) is 4.24. The zero-order valence-corrected chi connectivity index (χ0v) is 16.0. The Kier molecular flexibility index (Phi) is 5.69. The lowest BCUT2D eigenvalue weighted by Crippen LogP contribution is -2.49. The van der Waals surface area contributed by atoms with E-state index >= 15 is 0 Å². The minimum absolute atomic E-state index is 0.0951. The van der Waals surface area contributed by atoms with E-state index in [0.29, 0.717) is 43.6 Å². The van der Waals surface area contributed by atoms with Crippen molar-refractivity contribution < 1.29 is 9.18 Å². The van der Waals surface area contributed by atoms with Crippen molar-refractivity contribution in [3.63, 3.8) is 0 Å². The van der Waals surface area contributed by atoms with Gasteiger partial charge in [-0.05, 0) is 25.0 Å². The minimum Gasteiger partial charge on any atom is -0.367 e. The Bertz CT molecular complexity index is 816. The molecule has 1 amide bonds. The number of carbonyl (C=O) groups excluding carboxylic acids is 1. The van der Waals surface area contributed by atoms with Crippen molar-refractivity contribution in [2.45, 2.75) is 38.1 Å². The average molecular weight is 383 g/mol.